The standard InChI is InChI=1S/C22H14BrNO6/c23-13-5-6-15-12(9-13)10-17(30-15)20(25)18-19(16-4-2-8-29-16)24(22(27)21(18)26)11-14-3-1-7-28-14/h1-10,19,26H,11H2. The minimum absolute atomic E-state index is 0.0221. The van der Waals surface area contributed by atoms with E-state index >= 15 is 0 Å². The molecule has 3 aromatic heterocycles. The first-order valence-corrected chi connectivity index (χ1v) is 9.86. The molecule has 1 N–H and O–H groups in total. The van der Waals surface area contributed by atoms with Crippen molar-refractivity contribution in [3.8, 4) is 0 Å². The highest BCUT2D eigenvalue weighted by Crippen LogP contribution is 2.40. The van der Waals surface area contributed by atoms with Crippen LogP contribution < -0.4 is 0 Å². The van der Waals surface area contributed by atoms with Crippen molar-refractivity contribution in [1.82, 2.24) is 4.90 Å². The Morgan fingerprint density at radius 3 is 2.63 bits per heavy atom. The maximum Gasteiger partial charge on any atom is 0.290 e. The second-order valence-corrected chi connectivity index (χ2v) is 7.73. The Morgan fingerprint density at radius 2 is 1.90 bits per heavy atom. The molecule has 1 aliphatic heterocycles. The summed E-state index contributed by atoms with van der Waals surface area (Å²) in [6.07, 6.45) is 2.94. The van der Waals surface area contributed by atoms with E-state index in [4.69, 9.17) is 13.3 Å². The number of benzene rings is 1. The van der Waals surface area contributed by atoms with Gasteiger partial charge in [0, 0.05) is 9.86 Å². The lowest BCUT2D eigenvalue weighted by Gasteiger charge is -2.23. The van der Waals surface area contributed by atoms with Crippen LogP contribution in [0.5, 0.6) is 0 Å². The van der Waals surface area contributed by atoms with Crippen molar-refractivity contribution in [1.29, 1.82) is 0 Å². The number of carbonyl (C=O) groups is 2. The van der Waals surface area contributed by atoms with E-state index in [-0.39, 0.29) is 17.9 Å². The fourth-order valence-corrected chi connectivity index (χ4v) is 4.00. The van der Waals surface area contributed by atoms with E-state index in [9.17, 15) is 14.7 Å². The molecule has 0 saturated carbocycles. The van der Waals surface area contributed by atoms with Crippen LogP contribution >= 0.6 is 15.9 Å². The molecule has 1 unspecified atom stereocenters. The topological polar surface area (TPSA) is 97.0 Å². The number of ketones is 1. The molecular weight excluding hydrogens is 454 g/mol. The molecule has 0 saturated heterocycles. The van der Waals surface area contributed by atoms with Crippen molar-refractivity contribution >= 4 is 38.6 Å². The van der Waals surface area contributed by atoms with Gasteiger partial charge < -0.3 is 23.3 Å². The van der Waals surface area contributed by atoms with Gasteiger partial charge in [-0.1, -0.05) is 15.9 Å². The van der Waals surface area contributed by atoms with Gasteiger partial charge in [0.05, 0.1) is 24.6 Å². The summed E-state index contributed by atoms with van der Waals surface area (Å²) in [6, 6.07) is 12.7. The Balaban J connectivity index is 1.58. The minimum Gasteiger partial charge on any atom is -0.503 e. The first kappa shape index (κ1) is 18.5. The first-order chi connectivity index (χ1) is 14.5. The summed E-state index contributed by atoms with van der Waals surface area (Å²) in [7, 11) is 0. The lowest BCUT2D eigenvalue weighted by molar-refractivity contribution is -0.130. The number of aliphatic hydroxyl groups is 1. The van der Waals surface area contributed by atoms with Gasteiger partial charge in [-0.15, -0.1) is 0 Å². The van der Waals surface area contributed by atoms with Crippen LogP contribution in [0.1, 0.15) is 28.1 Å². The predicted octanol–water partition coefficient (Wildman–Crippen LogP) is 5.16. The van der Waals surface area contributed by atoms with Gasteiger partial charge in [0.1, 0.15) is 23.1 Å². The molecule has 0 bridgehead atoms. The smallest absolute Gasteiger partial charge is 0.290 e. The molecule has 4 aromatic rings. The zero-order valence-corrected chi connectivity index (χ0v) is 17.0. The zero-order valence-electron chi connectivity index (χ0n) is 15.4. The van der Waals surface area contributed by atoms with Gasteiger partial charge in [0.15, 0.2) is 11.5 Å². The summed E-state index contributed by atoms with van der Waals surface area (Å²) in [5, 5.41) is 11.3. The third-order valence-corrected chi connectivity index (χ3v) is 5.46. The third-order valence-electron chi connectivity index (χ3n) is 4.97. The number of rotatable bonds is 5. The van der Waals surface area contributed by atoms with Crippen LogP contribution in [0.15, 0.2) is 90.1 Å². The number of hydrogen-bond donors (Lipinski definition) is 1. The highest BCUT2D eigenvalue weighted by Gasteiger charge is 2.46. The molecule has 0 spiro atoms. The molecule has 0 aliphatic carbocycles. The van der Waals surface area contributed by atoms with E-state index in [1.54, 1.807) is 42.5 Å². The number of aliphatic hydroxyl groups excluding tert-OH is 1. The average Bonchev–Trinajstić information content (AvgIpc) is 3.52. The molecule has 30 heavy (non-hydrogen) atoms. The number of Topliss-reactive ketones (excluding diaryl/α,β-unsaturated/α-hetero) is 1. The summed E-state index contributed by atoms with van der Waals surface area (Å²) in [5.74, 6) is -1.02. The molecule has 1 amide bonds. The van der Waals surface area contributed by atoms with E-state index in [1.807, 2.05) is 6.07 Å². The van der Waals surface area contributed by atoms with E-state index < -0.39 is 23.5 Å². The van der Waals surface area contributed by atoms with Crippen LogP contribution in [0.4, 0.5) is 0 Å². The van der Waals surface area contributed by atoms with E-state index in [0.717, 1.165) is 9.86 Å². The molecular formula is C22H14BrNO6. The summed E-state index contributed by atoms with van der Waals surface area (Å²) >= 11 is 3.39. The van der Waals surface area contributed by atoms with E-state index in [1.165, 1.54) is 17.4 Å². The lowest BCUT2D eigenvalue weighted by Crippen LogP contribution is -2.30. The molecule has 150 valence electrons. The summed E-state index contributed by atoms with van der Waals surface area (Å²) in [6.45, 7) is 0.0606. The largest absolute Gasteiger partial charge is 0.503 e. The summed E-state index contributed by atoms with van der Waals surface area (Å²) < 4.78 is 17.4. The summed E-state index contributed by atoms with van der Waals surface area (Å²) in [5.41, 5.74) is 0.424. The second-order valence-electron chi connectivity index (χ2n) is 6.81. The van der Waals surface area contributed by atoms with Crippen molar-refractivity contribution in [3.05, 3.63) is 94.1 Å². The van der Waals surface area contributed by atoms with Crippen molar-refractivity contribution in [3.63, 3.8) is 0 Å². The van der Waals surface area contributed by atoms with Gasteiger partial charge in [-0.25, -0.2) is 0 Å². The number of carbonyl (C=O) groups excluding carboxylic acids is 2. The van der Waals surface area contributed by atoms with E-state index in [0.29, 0.717) is 17.1 Å². The van der Waals surface area contributed by atoms with Crippen LogP contribution in [0.2, 0.25) is 0 Å². The molecule has 8 heteroatoms. The quantitative estimate of drug-likeness (QED) is 0.407. The van der Waals surface area contributed by atoms with E-state index in [2.05, 4.69) is 15.9 Å². The van der Waals surface area contributed by atoms with Gasteiger partial charge >= 0.3 is 0 Å². The summed E-state index contributed by atoms with van der Waals surface area (Å²) in [4.78, 5) is 27.5. The molecule has 0 fully saturated rings. The number of nitrogens with zero attached hydrogens (tertiary/aromatic N) is 1. The zero-order chi connectivity index (χ0) is 20.8. The third kappa shape index (κ3) is 2.96. The molecule has 5 rings (SSSR count). The van der Waals surface area contributed by atoms with Gasteiger partial charge in [0.2, 0.25) is 5.78 Å². The number of amides is 1. The molecule has 1 atom stereocenters. The Hall–Kier alpha value is -3.52. The molecule has 0 radical (unpaired) electrons. The highest BCUT2D eigenvalue weighted by atomic mass is 79.9. The maximum absolute atomic E-state index is 13.3. The maximum atomic E-state index is 13.3. The number of furan rings is 3. The van der Waals surface area contributed by atoms with Crippen LogP contribution in [-0.2, 0) is 11.3 Å². The fourth-order valence-electron chi connectivity index (χ4n) is 3.62. The van der Waals surface area contributed by atoms with Crippen LogP contribution in [0.3, 0.4) is 0 Å². The first-order valence-electron chi connectivity index (χ1n) is 9.06. The molecule has 4 heterocycles. The van der Waals surface area contributed by atoms with Crippen molar-refractivity contribution in [2.24, 2.45) is 0 Å². The SMILES string of the molecule is O=C(C1=C(O)C(=O)N(Cc2ccco2)C1c1ccco1)c1cc2cc(Br)ccc2o1. The molecule has 1 aromatic carbocycles. The molecule has 1 aliphatic rings. The van der Waals surface area contributed by atoms with Crippen molar-refractivity contribution in [2.75, 3.05) is 0 Å². The normalized spacial score (nSPS) is 16.8. The monoisotopic (exact) mass is 467 g/mol. The second kappa shape index (κ2) is 7.07. The van der Waals surface area contributed by atoms with Gasteiger partial charge in [-0.2, -0.15) is 0 Å². The minimum atomic E-state index is -0.912. The lowest BCUT2D eigenvalue weighted by atomic mass is 9.99. The number of halogens is 1. The predicted molar refractivity (Wildman–Crippen MR) is 109 cm³/mol. The van der Waals surface area contributed by atoms with Crippen LogP contribution in [0, 0.1) is 0 Å². The average molecular weight is 468 g/mol. The van der Waals surface area contributed by atoms with Crippen molar-refractivity contribution < 1.29 is 27.9 Å². The molecule has 7 nitrogen and oxygen atoms in total. The Labute approximate surface area is 178 Å². The number of fused-ring (bicyclic) bond motifs is 1. The fraction of sp³-hybridized carbons (Fsp3) is 0.0909. The van der Waals surface area contributed by atoms with Gasteiger partial charge in [-0.05, 0) is 48.5 Å². The van der Waals surface area contributed by atoms with Crippen molar-refractivity contribution in [2.45, 2.75) is 12.6 Å². The van der Waals surface area contributed by atoms with Crippen LogP contribution in [-0.4, -0.2) is 21.7 Å². The van der Waals surface area contributed by atoms with Crippen LogP contribution in [0.25, 0.3) is 11.0 Å². The van der Waals surface area contributed by atoms with Gasteiger partial charge in [0.25, 0.3) is 5.91 Å². The van der Waals surface area contributed by atoms with Gasteiger partial charge in [-0.3, -0.25) is 9.59 Å². The highest BCUT2D eigenvalue weighted by molar-refractivity contribution is 9.10. The Morgan fingerprint density at radius 1 is 1.10 bits per heavy atom. The number of hydrogen-bond acceptors (Lipinski definition) is 6. The Bertz CT molecular complexity index is 1280. The Kier molecular flexibility index (Phi) is 4.36.